The molecular weight excluding hydrogens is 358 g/mol. The number of amides is 1. The van der Waals surface area contributed by atoms with Crippen molar-refractivity contribution < 1.29 is 4.79 Å². The first-order valence-electron chi connectivity index (χ1n) is 10.8. The number of hydrogen-bond acceptors (Lipinski definition) is 4. The monoisotopic (exact) mass is 388 g/mol. The molecule has 0 atom stereocenters. The highest BCUT2D eigenvalue weighted by Gasteiger charge is 2.31. The minimum Gasteiger partial charge on any atom is -0.366 e. The van der Waals surface area contributed by atoms with Crippen LogP contribution in [0.4, 0.5) is 5.82 Å². The van der Waals surface area contributed by atoms with Crippen molar-refractivity contribution in [2.75, 3.05) is 31.1 Å². The zero-order chi connectivity index (χ0) is 20.3. The third-order valence-corrected chi connectivity index (χ3v) is 6.15. The molecule has 0 radical (unpaired) electrons. The first-order valence-corrected chi connectivity index (χ1v) is 10.8. The van der Waals surface area contributed by atoms with Crippen LogP contribution in [0.2, 0.25) is 0 Å². The highest BCUT2D eigenvalue weighted by atomic mass is 16.1. The van der Waals surface area contributed by atoms with Crippen molar-refractivity contribution in [3.8, 4) is 0 Å². The van der Waals surface area contributed by atoms with Gasteiger partial charge in [0.2, 0.25) is 0 Å². The fraction of sp³-hybridized carbons (Fsp3) is 0.455. The van der Waals surface area contributed by atoms with Crippen LogP contribution < -0.4 is 10.2 Å². The maximum atomic E-state index is 12.5. The van der Waals surface area contributed by atoms with Gasteiger partial charge in [0.1, 0.15) is 27.2 Å². The Morgan fingerprint density at radius 2 is 1.86 bits per heavy atom. The molecule has 2 fully saturated rings. The van der Waals surface area contributed by atoms with E-state index >= 15 is 0 Å². The van der Waals surface area contributed by atoms with E-state index in [9.17, 15) is 4.79 Å². The topological polar surface area (TPSA) is 48.5 Å². The van der Waals surface area contributed by atoms with E-state index in [4.69, 9.17) is 4.98 Å². The molecule has 29 heavy (non-hydrogen) atoms. The second kappa shape index (κ2) is 8.62. The van der Waals surface area contributed by atoms with Crippen LogP contribution in [0.25, 0.3) is 0 Å². The van der Waals surface area contributed by atoms with Gasteiger partial charge in [-0.05, 0) is 54.8 Å². The fourth-order valence-corrected chi connectivity index (χ4v) is 4.00. The molecule has 2 aliphatic rings. The summed E-state index contributed by atoms with van der Waals surface area (Å²) in [6.07, 6.45) is 3.52. The van der Waals surface area contributed by atoms with E-state index in [2.05, 4.69) is 61.1 Å². The Bertz CT molecular complexity index is 842. The molecule has 0 bridgehead atoms. The molecule has 4 rings (SSSR count). The summed E-state index contributed by atoms with van der Waals surface area (Å²) in [6, 6.07) is 16.5. The number of carbonyl (C=O) groups is 1. The number of anilines is 1. The van der Waals surface area contributed by atoms with Gasteiger partial charge in [0.25, 0.3) is 5.91 Å². The molecule has 2 aromatic rings. The number of nitrogens with zero attached hydrogens (tertiary/aromatic N) is 3. The van der Waals surface area contributed by atoms with Crippen LogP contribution in [0.15, 0.2) is 48.5 Å². The van der Waals surface area contributed by atoms with Crippen LogP contribution in [0, 0.1) is 5.92 Å². The summed E-state index contributed by atoms with van der Waals surface area (Å²) in [6.45, 7) is 4.69. The number of pyridine rings is 1. The van der Waals surface area contributed by atoms with Gasteiger partial charge in [-0.2, -0.15) is 0 Å². The number of aromatic nitrogens is 1. The molecule has 150 valence electrons. The Kier molecular flexibility index (Phi) is 5.95. The van der Waals surface area contributed by atoms with Crippen LogP contribution in [0.1, 0.15) is 35.3 Å². The minimum absolute atomic E-state index is 0.0124. The number of hydrogen-bond donors (Lipinski definition) is 1. The lowest BCUT2D eigenvalue weighted by Crippen LogP contribution is -2.51. The van der Waals surface area contributed by atoms with E-state index in [0.717, 1.165) is 45.0 Å². The van der Waals surface area contributed by atoms with Crippen LogP contribution >= 0.6 is 0 Å². The van der Waals surface area contributed by atoms with Gasteiger partial charge in [-0.25, -0.2) is 4.98 Å². The molecule has 7 heteroatoms. The Morgan fingerprint density at radius 1 is 1.07 bits per heavy atom. The zero-order valence-electron chi connectivity index (χ0n) is 17.6. The molecule has 0 spiro atoms. The predicted octanol–water partition coefficient (Wildman–Crippen LogP) is 0.854. The number of benzene rings is 1. The lowest BCUT2D eigenvalue weighted by Gasteiger charge is -2.38. The van der Waals surface area contributed by atoms with Gasteiger partial charge < -0.3 is 10.2 Å². The van der Waals surface area contributed by atoms with E-state index in [1.54, 1.807) is 0 Å². The molecule has 0 unspecified atom stereocenters. The molecule has 1 aliphatic heterocycles. The molecule has 5 nitrogen and oxygen atoms in total. The normalized spacial score (nSPS) is 19.5. The summed E-state index contributed by atoms with van der Waals surface area (Å²) in [5.41, 5.74) is 1.87. The quantitative estimate of drug-likeness (QED) is 0.746. The van der Waals surface area contributed by atoms with E-state index in [1.165, 1.54) is 18.4 Å². The Labute approximate surface area is 175 Å². The molecule has 1 saturated heterocycles. The molecule has 2 heterocycles. The summed E-state index contributed by atoms with van der Waals surface area (Å²) < 4.78 is 0. The van der Waals surface area contributed by atoms with Crippen molar-refractivity contribution in [2.45, 2.75) is 31.1 Å². The van der Waals surface area contributed by atoms with Crippen molar-refractivity contribution in [3.05, 3.63) is 59.8 Å². The van der Waals surface area contributed by atoms with Gasteiger partial charge in [0, 0.05) is 26.2 Å². The van der Waals surface area contributed by atoms with Crippen molar-refractivity contribution in [3.63, 3.8) is 0 Å². The SMILES string of the molecule is BC1(B)CCN(Cc2ccccc2)CCN1c1cccc(C(=O)NCC2CC2)n1. The summed E-state index contributed by atoms with van der Waals surface area (Å²) in [4.78, 5) is 22.1. The average molecular weight is 388 g/mol. The van der Waals surface area contributed by atoms with Crippen molar-refractivity contribution in [1.82, 2.24) is 15.2 Å². The molecule has 1 saturated carbocycles. The standard InChI is InChI=1S/C22H30B2N4O/c23-22(24)11-12-27(16-18-5-2-1-3-6-18)13-14-28(22)20-8-4-7-19(26-20)21(29)25-15-17-9-10-17/h1-8,17H,9-16,23-24H2,(H,25,29). The second-order valence-electron chi connectivity index (χ2n) is 9.01. The Hall–Kier alpha value is -2.27. The lowest BCUT2D eigenvalue weighted by molar-refractivity contribution is 0.0947. The molecule has 1 aromatic carbocycles. The molecule has 1 N–H and O–H groups in total. The maximum Gasteiger partial charge on any atom is 0.269 e. The van der Waals surface area contributed by atoms with Crippen molar-refractivity contribution in [2.24, 2.45) is 5.92 Å². The van der Waals surface area contributed by atoms with E-state index in [-0.39, 0.29) is 11.2 Å². The average Bonchev–Trinajstić information content (AvgIpc) is 3.56. The lowest BCUT2D eigenvalue weighted by atomic mass is 9.59. The fourth-order valence-electron chi connectivity index (χ4n) is 4.00. The molecular formula is C22H30B2N4O. The Balaban J connectivity index is 1.45. The first-order chi connectivity index (χ1) is 14.0. The number of carbonyl (C=O) groups excluding carboxylic acids is 1. The predicted molar refractivity (Wildman–Crippen MR) is 123 cm³/mol. The molecule has 1 amide bonds. The van der Waals surface area contributed by atoms with Crippen LogP contribution in [-0.2, 0) is 6.54 Å². The number of rotatable bonds is 6. The molecule has 1 aromatic heterocycles. The van der Waals surface area contributed by atoms with E-state index in [1.807, 2.05) is 18.2 Å². The summed E-state index contributed by atoms with van der Waals surface area (Å²) in [5.74, 6) is 1.51. The highest BCUT2D eigenvalue weighted by molar-refractivity contribution is 6.41. The van der Waals surface area contributed by atoms with E-state index in [0.29, 0.717) is 11.6 Å². The van der Waals surface area contributed by atoms with Gasteiger partial charge >= 0.3 is 0 Å². The van der Waals surface area contributed by atoms with Crippen LogP contribution in [-0.4, -0.2) is 63.0 Å². The van der Waals surface area contributed by atoms with Gasteiger partial charge in [0.05, 0.1) is 0 Å². The van der Waals surface area contributed by atoms with Gasteiger partial charge in [0.15, 0.2) is 0 Å². The highest BCUT2D eigenvalue weighted by Crippen LogP contribution is 2.28. The van der Waals surface area contributed by atoms with Gasteiger partial charge in [-0.3, -0.25) is 9.69 Å². The van der Waals surface area contributed by atoms with Gasteiger partial charge in [-0.15, -0.1) is 0 Å². The smallest absolute Gasteiger partial charge is 0.269 e. The summed E-state index contributed by atoms with van der Waals surface area (Å²) in [5, 5.41) is 3.02. The van der Waals surface area contributed by atoms with Crippen molar-refractivity contribution in [1.29, 1.82) is 0 Å². The third kappa shape index (κ3) is 5.21. The summed E-state index contributed by atoms with van der Waals surface area (Å²) in [7, 11) is 4.56. The zero-order valence-corrected chi connectivity index (χ0v) is 17.6. The summed E-state index contributed by atoms with van der Waals surface area (Å²) >= 11 is 0. The maximum absolute atomic E-state index is 12.5. The second-order valence-corrected chi connectivity index (χ2v) is 9.01. The number of nitrogens with one attached hydrogen (secondary N) is 1. The van der Waals surface area contributed by atoms with Crippen LogP contribution in [0.5, 0.6) is 0 Å². The van der Waals surface area contributed by atoms with E-state index < -0.39 is 0 Å². The molecule has 1 aliphatic carbocycles. The van der Waals surface area contributed by atoms with Crippen LogP contribution in [0.3, 0.4) is 0 Å². The first kappa shape index (κ1) is 20.0. The van der Waals surface area contributed by atoms with Crippen molar-refractivity contribution >= 4 is 27.4 Å². The third-order valence-electron chi connectivity index (χ3n) is 6.15. The minimum atomic E-state index is -0.0583. The van der Waals surface area contributed by atoms with Gasteiger partial charge in [-0.1, -0.05) is 36.4 Å². The largest absolute Gasteiger partial charge is 0.366 e. The Morgan fingerprint density at radius 3 is 2.62 bits per heavy atom.